The summed E-state index contributed by atoms with van der Waals surface area (Å²) >= 11 is 0. The summed E-state index contributed by atoms with van der Waals surface area (Å²) in [5, 5.41) is 0. The average molecular weight is 337 g/mol. The maximum absolute atomic E-state index is 11.0. The second-order valence-corrected chi connectivity index (χ2v) is 7.65. The van der Waals surface area contributed by atoms with Crippen molar-refractivity contribution in [3.8, 4) is 0 Å². The van der Waals surface area contributed by atoms with Crippen LogP contribution in [0.3, 0.4) is 0 Å². The Bertz CT molecular complexity index is 701. The van der Waals surface area contributed by atoms with Crippen LogP contribution in [0.25, 0.3) is 0 Å². The predicted octanol–water partition coefficient (Wildman–Crippen LogP) is 0.195. The van der Waals surface area contributed by atoms with Crippen molar-refractivity contribution in [2.75, 3.05) is 36.0 Å². The van der Waals surface area contributed by atoms with E-state index in [-0.39, 0.29) is 12.2 Å². The van der Waals surface area contributed by atoms with E-state index in [1.165, 1.54) is 6.07 Å². The van der Waals surface area contributed by atoms with Gasteiger partial charge in [-0.05, 0) is 30.7 Å². The van der Waals surface area contributed by atoms with Gasteiger partial charge < -0.3 is 4.90 Å². The minimum Gasteiger partial charge on any atom is -0.373 e. The number of nitrogens with one attached hydrogen (secondary N) is 2. The number of anilines is 2. The van der Waals surface area contributed by atoms with Crippen LogP contribution in [-0.4, -0.2) is 47.8 Å². The molecule has 1 rings (SSSR count). The van der Waals surface area contributed by atoms with Gasteiger partial charge in [0.2, 0.25) is 10.0 Å². The van der Waals surface area contributed by atoms with Crippen molar-refractivity contribution in [3.05, 3.63) is 23.8 Å². The van der Waals surface area contributed by atoms with E-state index < -0.39 is 20.3 Å². The Kier molecular flexibility index (Phi) is 5.56. The molecule has 0 radical (unpaired) electrons. The zero-order chi connectivity index (χ0) is 16.3. The first-order chi connectivity index (χ1) is 9.48. The van der Waals surface area contributed by atoms with Crippen molar-refractivity contribution < 1.29 is 21.4 Å². The Hall–Kier alpha value is -1.36. The largest absolute Gasteiger partial charge is 0.373 e. The van der Waals surface area contributed by atoms with Crippen LogP contribution in [0.15, 0.2) is 18.2 Å². The number of aryl methyl sites for hydroxylation is 1. The SMILES string of the molecule is Cc1cc(N(C)CCNS(C)(=O)=O)ccc1NS(=O)(=O)O. The Morgan fingerprint density at radius 1 is 1.24 bits per heavy atom. The van der Waals surface area contributed by atoms with Crippen molar-refractivity contribution in [2.45, 2.75) is 6.92 Å². The van der Waals surface area contributed by atoms with Crippen LogP contribution in [0.5, 0.6) is 0 Å². The van der Waals surface area contributed by atoms with Gasteiger partial charge in [0.1, 0.15) is 0 Å². The number of hydrogen-bond acceptors (Lipinski definition) is 5. The van der Waals surface area contributed by atoms with Crippen molar-refractivity contribution in [1.82, 2.24) is 4.72 Å². The van der Waals surface area contributed by atoms with Crippen molar-refractivity contribution in [2.24, 2.45) is 0 Å². The molecule has 0 heterocycles. The fourth-order valence-electron chi connectivity index (χ4n) is 1.67. The van der Waals surface area contributed by atoms with Gasteiger partial charge in [0.05, 0.1) is 11.9 Å². The number of rotatable bonds is 7. The van der Waals surface area contributed by atoms with E-state index in [4.69, 9.17) is 4.55 Å². The van der Waals surface area contributed by atoms with Gasteiger partial charge in [0, 0.05) is 25.8 Å². The van der Waals surface area contributed by atoms with Gasteiger partial charge in [-0.2, -0.15) is 8.42 Å². The van der Waals surface area contributed by atoms with E-state index in [9.17, 15) is 16.8 Å². The molecule has 0 saturated heterocycles. The van der Waals surface area contributed by atoms with Gasteiger partial charge >= 0.3 is 10.3 Å². The molecule has 21 heavy (non-hydrogen) atoms. The van der Waals surface area contributed by atoms with Crippen molar-refractivity contribution in [3.63, 3.8) is 0 Å². The minimum absolute atomic E-state index is 0.263. The van der Waals surface area contributed by atoms with Crippen LogP contribution in [0, 0.1) is 6.92 Å². The summed E-state index contributed by atoms with van der Waals surface area (Å²) in [4.78, 5) is 1.82. The number of benzene rings is 1. The lowest BCUT2D eigenvalue weighted by molar-refractivity contribution is 0.489. The van der Waals surface area contributed by atoms with Crippen LogP contribution in [-0.2, 0) is 20.3 Å². The summed E-state index contributed by atoms with van der Waals surface area (Å²) in [6.07, 6.45) is 1.09. The number of likely N-dealkylation sites (N-methyl/N-ethyl adjacent to an activating group) is 1. The van der Waals surface area contributed by atoms with E-state index in [1.54, 1.807) is 26.1 Å². The molecule has 10 heteroatoms. The normalized spacial score (nSPS) is 12.2. The summed E-state index contributed by atoms with van der Waals surface area (Å²) < 4.78 is 56.6. The van der Waals surface area contributed by atoms with Crippen LogP contribution in [0.1, 0.15) is 5.56 Å². The fourth-order valence-corrected chi connectivity index (χ4v) is 2.64. The molecule has 8 nitrogen and oxygen atoms in total. The first kappa shape index (κ1) is 17.7. The third-order valence-electron chi connectivity index (χ3n) is 2.70. The standard InChI is InChI=1S/C11H19N3O5S2/c1-9-8-10(4-5-11(9)13-21(17,18)19)14(2)7-6-12-20(3,15)16/h4-5,8,12-13H,6-7H2,1-3H3,(H,17,18,19). The van der Waals surface area contributed by atoms with Gasteiger partial charge in [0.25, 0.3) is 0 Å². The molecule has 0 aromatic heterocycles. The first-order valence-corrected chi connectivity index (χ1v) is 9.33. The van der Waals surface area contributed by atoms with Gasteiger partial charge in [0.15, 0.2) is 0 Å². The van der Waals surface area contributed by atoms with Gasteiger partial charge in [-0.25, -0.2) is 13.1 Å². The number of hydrogen-bond donors (Lipinski definition) is 3. The summed E-state index contributed by atoms with van der Waals surface area (Å²) in [5.41, 5.74) is 1.71. The maximum atomic E-state index is 11.0. The second kappa shape index (κ2) is 6.60. The zero-order valence-electron chi connectivity index (χ0n) is 12.0. The Balaban J connectivity index is 2.74. The molecule has 3 N–H and O–H groups in total. The smallest absolute Gasteiger partial charge is 0.357 e. The predicted molar refractivity (Wildman–Crippen MR) is 82.5 cm³/mol. The molecule has 0 aliphatic carbocycles. The first-order valence-electron chi connectivity index (χ1n) is 5.99. The zero-order valence-corrected chi connectivity index (χ0v) is 13.6. The van der Waals surface area contributed by atoms with E-state index in [0.717, 1.165) is 11.9 Å². The number of sulfonamides is 1. The summed E-state index contributed by atoms with van der Waals surface area (Å²) in [7, 11) is -5.74. The quantitative estimate of drug-likeness (QED) is 0.612. The van der Waals surface area contributed by atoms with E-state index >= 15 is 0 Å². The molecule has 0 atom stereocenters. The summed E-state index contributed by atoms with van der Waals surface area (Å²) in [5.74, 6) is 0. The third-order valence-corrected chi connectivity index (χ3v) is 3.91. The molecule has 0 fully saturated rings. The topological polar surface area (TPSA) is 116 Å². The van der Waals surface area contributed by atoms with Gasteiger partial charge in [-0.15, -0.1) is 0 Å². The Morgan fingerprint density at radius 3 is 2.33 bits per heavy atom. The lowest BCUT2D eigenvalue weighted by Crippen LogP contribution is -2.32. The highest BCUT2D eigenvalue weighted by Gasteiger charge is 2.09. The van der Waals surface area contributed by atoms with Crippen molar-refractivity contribution in [1.29, 1.82) is 0 Å². The van der Waals surface area contributed by atoms with Gasteiger partial charge in [-0.1, -0.05) is 0 Å². The molecule has 0 bridgehead atoms. The third kappa shape index (κ3) is 6.76. The molecule has 0 aliphatic rings. The molecule has 0 spiro atoms. The molecule has 0 amide bonds. The van der Waals surface area contributed by atoms with Gasteiger partial charge in [-0.3, -0.25) is 9.27 Å². The van der Waals surface area contributed by atoms with E-state index in [0.29, 0.717) is 12.1 Å². The molecule has 0 aliphatic heterocycles. The fraction of sp³-hybridized carbons (Fsp3) is 0.455. The highest BCUT2D eigenvalue weighted by molar-refractivity contribution is 7.88. The van der Waals surface area contributed by atoms with Crippen LogP contribution < -0.4 is 14.3 Å². The number of nitrogens with zero attached hydrogens (tertiary/aromatic N) is 1. The molecular weight excluding hydrogens is 318 g/mol. The van der Waals surface area contributed by atoms with Crippen molar-refractivity contribution >= 4 is 31.7 Å². The maximum Gasteiger partial charge on any atom is 0.357 e. The molecule has 1 aromatic carbocycles. The Morgan fingerprint density at radius 2 is 1.86 bits per heavy atom. The highest BCUT2D eigenvalue weighted by atomic mass is 32.2. The highest BCUT2D eigenvalue weighted by Crippen LogP contribution is 2.22. The van der Waals surface area contributed by atoms with Crippen LogP contribution >= 0.6 is 0 Å². The average Bonchev–Trinajstić information content (AvgIpc) is 2.28. The van der Waals surface area contributed by atoms with Crippen LogP contribution in [0.2, 0.25) is 0 Å². The van der Waals surface area contributed by atoms with E-state index in [2.05, 4.69) is 4.72 Å². The molecule has 1 aromatic rings. The van der Waals surface area contributed by atoms with E-state index in [1.807, 2.05) is 9.62 Å². The summed E-state index contributed by atoms with van der Waals surface area (Å²) in [6, 6.07) is 4.92. The minimum atomic E-state index is -4.30. The van der Waals surface area contributed by atoms with Crippen LogP contribution in [0.4, 0.5) is 11.4 Å². The lowest BCUT2D eigenvalue weighted by Gasteiger charge is -2.20. The molecular formula is C11H19N3O5S2. The summed E-state index contributed by atoms with van der Waals surface area (Å²) in [6.45, 7) is 2.41. The molecule has 0 saturated carbocycles. The monoisotopic (exact) mass is 337 g/mol. The molecule has 120 valence electrons. The molecule has 0 unspecified atom stereocenters. The lowest BCUT2D eigenvalue weighted by atomic mass is 10.2. The second-order valence-electron chi connectivity index (χ2n) is 4.66. The Labute approximate surface area is 125 Å².